The van der Waals surface area contributed by atoms with Gasteiger partial charge in [0.05, 0.1) is 27.4 Å². The Kier molecular flexibility index (Phi) is 9.11. The average molecular weight is 586 g/mol. The number of likely N-dealkylation sites (tertiary alicyclic amines) is 1. The zero-order valence-corrected chi connectivity index (χ0v) is 23.8. The molecule has 0 bridgehead atoms. The highest BCUT2D eigenvalue weighted by atomic mass is 35.5. The molecule has 10 heteroatoms. The van der Waals surface area contributed by atoms with E-state index in [1.807, 2.05) is 26.8 Å². The van der Waals surface area contributed by atoms with Crippen molar-refractivity contribution in [3.63, 3.8) is 0 Å². The summed E-state index contributed by atoms with van der Waals surface area (Å²) in [5.74, 6) is -3.41. The summed E-state index contributed by atoms with van der Waals surface area (Å²) in [6.45, 7) is 5.12. The molecule has 40 heavy (non-hydrogen) atoms. The Morgan fingerprint density at radius 3 is 2.25 bits per heavy atom. The van der Waals surface area contributed by atoms with Gasteiger partial charge in [-0.05, 0) is 74.6 Å². The first-order valence-electron chi connectivity index (χ1n) is 13.0. The standard InChI is InChI=1S/C30H29Cl2NO7/c1-16(2)12-25(33-27(35)21-10-4-17(3)13-22(21)28(33)36)30(38)39-15-26(34)18-5-8-20(9-6-18)40-29(37)19-7-11-23(31)24(32)14-19/h4-9,11,14,16,21-22,25H,10,12-13,15H2,1-3H3. The van der Waals surface area contributed by atoms with Gasteiger partial charge in [-0.25, -0.2) is 9.59 Å². The number of fused-ring (bicyclic) bond motifs is 1. The van der Waals surface area contributed by atoms with E-state index >= 15 is 0 Å². The van der Waals surface area contributed by atoms with Crippen LogP contribution < -0.4 is 4.74 Å². The van der Waals surface area contributed by atoms with Crippen LogP contribution in [0.25, 0.3) is 0 Å². The van der Waals surface area contributed by atoms with Crippen LogP contribution >= 0.6 is 23.2 Å². The number of rotatable bonds is 9. The molecule has 1 aliphatic carbocycles. The average Bonchev–Trinajstić information content (AvgIpc) is 3.16. The van der Waals surface area contributed by atoms with Crippen molar-refractivity contribution in [2.24, 2.45) is 17.8 Å². The summed E-state index contributed by atoms with van der Waals surface area (Å²) >= 11 is 11.8. The lowest BCUT2D eigenvalue weighted by atomic mass is 9.82. The fourth-order valence-corrected chi connectivity index (χ4v) is 5.24. The van der Waals surface area contributed by atoms with Gasteiger partial charge in [-0.15, -0.1) is 0 Å². The third kappa shape index (κ3) is 6.45. The Bertz CT molecular complexity index is 1380. The number of nitrogens with zero attached hydrogens (tertiary/aromatic N) is 1. The summed E-state index contributed by atoms with van der Waals surface area (Å²) < 4.78 is 10.6. The predicted octanol–water partition coefficient (Wildman–Crippen LogP) is 5.69. The van der Waals surface area contributed by atoms with Gasteiger partial charge in [0.15, 0.2) is 12.4 Å². The number of carbonyl (C=O) groups excluding carboxylic acids is 5. The molecular formula is C30H29Cl2NO7. The number of amides is 2. The van der Waals surface area contributed by atoms with Crippen molar-refractivity contribution in [3.8, 4) is 5.75 Å². The number of esters is 2. The number of imide groups is 1. The molecule has 0 spiro atoms. The monoisotopic (exact) mass is 585 g/mol. The fraction of sp³-hybridized carbons (Fsp3) is 0.367. The molecule has 0 saturated carbocycles. The van der Waals surface area contributed by atoms with Crippen LogP contribution in [0, 0.1) is 17.8 Å². The lowest BCUT2D eigenvalue weighted by Gasteiger charge is -2.26. The molecule has 1 heterocycles. The van der Waals surface area contributed by atoms with Crippen LogP contribution in [0.5, 0.6) is 5.75 Å². The second-order valence-corrected chi connectivity index (χ2v) is 11.3. The highest BCUT2D eigenvalue weighted by Crippen LogP contribution is 2.39. The summed E-state index contributed by atoms with van der Waals surface area (Å²) in [5.41, 5.74) is 1.48. The molecule has 2 aromatic rings. The molecule has 4 rings (SSSR count). The number of halogens is 2. The molecule has 210 valence electrons. The van der Waals surface area contributed by atoms with E-state index in [2.05, 4.69) is 0 Å². The number of allylic oxidation sites excluding steroid dienone is 2. The normalized spacial score (nSPS) is 19.2. The third-order valence-corrected chi connectivity index (χ3v) is 7.76. The molecule has 0 N–H and O–H groups in total. The van der Waals surface area contributed by atoms with Crippen LogP contribution in [0.2, 0.25) is 10.0 Å². The molecule has 0 aromatic heterocycles. The maximum Gasteiger partial charge on any atom is 0.343 e. The number of hydrogen-bond acceptors (Lipinski definition) is 7. The minimum Gasteiger partial charge on any atom is -0.456 e. The second kappa shape index (κ2) is 12.4. The van der Waals surface area contributed by atoms with Crippen LogP contribution in [-0.4, -0.2) is 47.1 Å². The van der Waals surface area contributed by atoms with Gasteiger partial charge in [-0.1, -0.05) is 48.7 Å². The molecule has 2 aromatic carbocycles. The summed E-state index contributed by atoms with van der Waals surface area (Å²) in [6.07, 6.45) is 3.16. The predicted molar refractivity (Wildman–Crippen MR) is 148 cm³/mol. The van der Waals surface area contributed by atoms with E-state index in [0.717, 1.165) is 10.5 Å². The first kappa shape index (κ1) is 29.5. The minimum absolute atomic E-state index is 0.00417. The number of ketones is 1. The van der Waals surface area contributed by atoms with Gasteiger partial charge in [0.25, 0.3) is 0 Å². The maximum atomic E-state index is 13.2. The Balaban J connectivity index is 1.38. The van der Waals surface area contributed by atoms with Gasteiger partial charge in [0, 0.05) is 5.56 Å². The number of carbonyl (C=O) groups is 5. The quantitative estimate of drug-likeness (QED) is 0.122. The molecule has 0 radical (unpaired) electrons. The number of ether oxygens (including phenoxy) is 2. The van der Waals surface area contributed by atoms with Gasteiger partial charge in [-0.2, -0.15) is 0 Å². The van der Waals surface area contributed by atoms with Crippen molar-refractivity contribution in [2.75, 3.05) is 6.61 Å². The third-order valence-electron chi connectivity index (χ3n) is 7.02. The summed E-state index contributed by atoms with van der Waals surface area (Å²) in [6, 6.07) is 9.00. The molecule has 8 nitrogen and oxygen atoms in total. The molecule has 3 unspecified atom stereocenters. The molecule has 1 saturated heterocycles. The van der Waals surface area contributed by atoms with E-state index in [4.69, 9.17) is 32.7 Å². The molecule has 3 atom stereocenters. The van der Waals surface area contributed by atoms with E-state index in [9.17, 15) is 24.0 Å². The van der Waals surface area contributed by atoms with Crippen molar-refractivity contribution < 1.29 is 33.4 Å². The minimum atomic E-state index is -1.10. The van der Waals surface area contributed by atoms with Crippen molar-refractivity contribution in [1.29, 1.82) is 0 Å². The smallest absolute Gasteiger partial charge is 0.343 e. The zero-order valence-electron chi connectivity index (χ0n) is 22.3. The largest absolute Gasteiger partial charge is 0.456 e. The van der Waals surface area contributed by atoms with Crippen LogP contribution in [0.1, 0.15) is 60.7 Å². The van der Waals surface area contributed by atoms with Gasteiger partial charge in [0.2, 0.25) is 11.8 Å². The van der Waals surface area contributed by atoms with Gasteiger partial charge >= 0.3 is 11.9 Å². The number of benzene rings is 2. The molecule has 2 aliphatic rings. The van der Waals surface area contributed by atoms with Gasteiger partial charge in [0.1, 0.15) is 11.8 Å². The molecule has 1 fully saturated rings. The van der Waals surface area contributed by atoms with Gasteiger partial charge < -0.3 is 9.47 Å². The summed E-state index contributed by atoms with van der Waals surface area (Å²) in [5, 5.41) is 0.521. The van der Waals surface area contributed by atoms with Crippen LogP contribution in [0.4, 0.5) is 0 Å². The second-order valence-electron chi connectivity index (χ2n) is 10.5. The molecule has 1 aliphatic heterocycles. The van der Waals surface area contributed by atoms with E-state index in [1.165, 1.54) is 42.5 Å². The lowest BCUT2D eigenvalue weighted by Crippen LogP contribution is -2.47. The van der Waals surface area contributed by atoms with E-state index in [-0.39, 0.29) is 46.1 Å². The van der Waals surface area contributed by atoms with Crippen molar-refractivity contribution in [3.05, 3.63) is 75.3 Å². The van der Waals surface area contributed by atoms with Crippen LogP contribution in [0.15, 0.2) is 54.1 Å². The Hall–Kier alpha value is -3.49. The SMILES string of the molecule is CC1=CCC2C(=O)N(C(CC(C)C)C(=O)OCC(=O)c3ccc(OC(=O)c4ccc(Cl)c(Cl)c4)cc3)C(=O)C2C1. The highest BCUT2D eigenvalue weighted by Gasteiger charge is 2.52. The Labute approximate surface area is 242 Å². The Morgan fingerprint density at radius 1 is 0.950 bits per heavy atom. The Morgan fingerprint density at radius 2 is 1.60 bits per heavy atom. The first-order chi connectivity index (χ1) is 19.0. The highest BCUT2D eigenvalue weighted by molar-refractivity contribution is 6.42. The van der Waals surface area contributed by atoms with Crippen molar-refractivity contribution >= 4 is 52.7 Å². The maximum absolute atomic E-state index is 13.2. The van der Waals surface area contributed by atoms with Crippen LogP contribution in [0.3, 0.4) is 0 Å². The number of hydrogen-bond donors (Lipinski definition) is 0. The van der Waals surface area contributed by atoms with E-state index < -0.39 is 42.2 Å². The topological polar surface area (TPSA) is 107 Å². The lowest BCUT2D eigenvalue weighted by molar-refractivity contribution is -0.158. The fourth-order valence-electron chi connectivity index (χ4n) is 4.94. The summed E-state index contributed by atoms with van der Waals surface area (Å²) in [7, 11) is 0. The van der Waals surface area contributed by atoms with E-state index in [1.54, 1.807) is 0 Å². The number of Topliss-reactive ketones (excluding diaryl/α,β-unsaturated/α-hetero) is 1. The zero-order chi connectivity index (χ0) is 29.1. The van der Waals surface area contributed by atoms with Gasteiger partial charge in [-0.3, -0.25) is 19.3 Å². The van der Waals surface area contributed by atoms with E-state index in [0.29, 0.717) is 17.9 Å². The van der Waals surface area contributed by atoms with Crippen LogP contribution in [-0.2, 0) is 19.1 Å². The molecular weight excluding hydrogens is 557 g/mol. The molecule has 2 amide bonds. The first-order valence-corrected chi connectivity index (χ1v) is 13.7. The van der Waals surface area contributed by atoms with Crippen molar-refractivity contribution in [1.82, 2.24) is 4.90 Å². The van der Waals surface area contributed by atoms with Crippen molar-refractivity contribution in [2.45, 2.75) is 46.1 Å². The summed E-state index contributed by atoms with van der Waals surface area (Å²) in [4.78, 5) is 65.6.